The Kier molecular flexibility index (Phi) is 5.68. The van der Waals surface area contributed by atoms with Crippen molar-refractivity contribution in [2.75, 3.05) is 0 Å². The van der Waals surface area contributed by atoms with Gasteiger partial charge in [0.2, 0.25) is 0 Å². The second-order valence-corrected chi connectivity index (χ2v) is 6.04. The molecule has 0 radical (unpaired) electrons. The Morgan fingerprint density at radius 2 is 1.81 bits per heavy atom. The summed E-state index contributed by atoms with van der Waals surface area (Å²) in [5.41, 5.74) is 2.87. The summed E-state index contributed by atoms with van der Waals surface area (Å²) in [6.45, 7) is 0.336. The van der Waals surface area contributed by atoms with Crippen LogP contribution in [0, 0.1) is 17.1 Å². The number of rotatable bonds is 5. The Bertz CT molecular complexity index is 974. The molecule has 2 nitrogen and oxygen atoms in total. The van der Waals surface area contributed by atoms with Gasteiger partial charge in [-0.05, 0) is 47.5 Å². The van der Waals surface area contributed by atoms with Crippen LogP contribution in [0.4, 0.5) is 4.39 Å². The minimum atomic E-state index is -0.274. The summed E-state index contributed by atoms with van der Waals surface area (Å²) < 4.78 is 18.7. The zero-order valence-electron chi connectivity index (χ0n) is 13.8. The molecule has 0 aliphatic heterocycles. The third-order valence-corrected chi connectivity index (χ3v) is 4.10. The van der Waals surface area contributed by atoms with Crippen LogP contribution in [0.2, 0.25) is 5.02 Å². The van der Waals surface area contributed by atoms with Crippen LogP contribution in [0.25, 0.3) is 11.6 Å². The van der Waals surface area contributed by atoms with E-state index in [0.29, 0.717) is 28.5 Å². The summed E-state index contributed by atoms with van der Waals surface area (Å²) in [4.78, 5) is 0. The van der Waals surface area contributed by atoms with Gasteiger partial charge < -0.3 is 4.74 Å². The average Bonchev–Trinajstić information content (AvgIpc) is 2.67. The van der Waals surface area contributed by atoms with Gasteiger partial charge in [0.25, 0.3) is 0 Å². The van der Waals surface area contributed by atoms with E-state index in [9.17, 15) is 9.65 Å². The largest absolute Gasteiger partial charge is 0.489 e. The maximum absolute atomic E-state index is 12.9. The number of allylic oxidation sites excluding steroid dienone is 1. The van der Waals surface area contributed by atoms with Crippen LogP contribution in [-0.2, 0) is 6.61 Å². The molecule has 0 aromatic heterocycles. The van der Waals surface area contributed by atoms with Crippen LogP contribution in [0.5, 0.6) is 5.75 Å². The van der Waals surface area contributed by atoms with Gasteiger partial charge in [0, 0.05) is 10.6 Å². The molecule has 0 aliphatic carbocycles. The third kappa shape index (κ3) is 4.50. The van der Waals surface area contributed by atoms with E-state index in [0.717, 1.165) is 11.1 Å². The lowest BCUT2D eigenvalue weighted by Crippen LogP contribution is -1.95. The summed E-state index contributed by atoms with van der Waals surface area (Å²) in [6, 6.07) is 23.0. The lowest BCUT2D eigenvalue weighted by atomic mass is 10.0. The Hall–Kier alpha value is -3.09. The van der Waals surface area contributed by atoms with Gasteiger partial charge in [0.15, 0.2) is 0 Å². The highest BCUT2D eigenvalue weighted by Gasteiger charge is 2.06. The van der Waals surface area contributed by atoms with Crippen LogP contribution in [0.15, 0.2) is 72.8 Å². The predicted octanol–water partition coefficient (Wildman–Crippen LogP) is 6.12. The van der Waals surface area contributed by atoms with Gasteiger partial charge in [-0.1, -0.05) is 54.1 Å². The number of nitrogens with zero attached hydrogens (tertiary/aromatic N) is 1. The van der Waals surface area contributed by atoms with Crippen LogP contribution >= 0.6 is 11.6 Å². The maximum Gasteiger partial charge on any atom is 0.123 e. The highest BCUT2D eigenvalue weighted by Crippen LogP contribution is 2.26. The van der Waals surface area contributed by atoms with Crippen molar-refractivity contribution in [2.24, 2.45) is 0 Å². The SMILES string of the molecule is N#CC(=Cc1cccc(OCc2ccc(F)cc2)c1)c1ccccc1Cl. The molecule has 0 N–H and O–H groups in total. The van der Waals surface area contributed by atoms with Crippen molar-refractivity contribution in [3.8, 4) is 11.8 Å². The molecular weight excluding hydrogens is 349 g/mol. The molecule has 0 saturated heterocycles. The number of halogens is 2. The van der Waals surface area contributed by atoms with Gasteiger partial charge in [0.05, 0.1) is 11.6 Å². The van der Waals surface area contributed by atoms with Crippen LogP contribution < -0.4 is 4.74 Å². The Morgan fingerprint density at radius 1 is 1.04 bits per heavy atom. The lowest BCUT2D eigenvalue weighted by Gasteiger charge is -2.08. The first kappa shape index (κ1) is 17.7. The van der Waals surface area contributed by atoms with Crippen LogP contribution in [0.3, 0.4) is 0 Å². The van der Waals surface area contributed by atoms with Gasteiger partial charge >= 0.3 is 0 Å². The van der Waals surface area contributed by atoms with E-state index < -0.39 is 0 Å². The van der Waals surface area contributed by atoms with Gasteiger partial charge in [-0.2, -0.15) is 5.26 Å². The summed E-state index contributed by atoms with van der Waals surface area (Å²) in [6.07, 6.45) is 1.77. The second kappa shape index (κ2) is 8.33. The fraction of sp³-hybridized carbons (Fsp3) is 0.0455. The number of benzene rings is 3. The molecule has 3 aromatic carbocycles. The molecule has 0 fully saturated rings. The average molecular weight is 364 g/mol. The molecule has 0 spiro atoms. The Labute approximate surface area is 156 Å². The summed E-state index contributed by atoms with van der Waals surface area (Å²) >= 11 is 6.18. The minimum absolute atomic E-state index is 0.274. The molecule has 4 heteroatoms. The highest BCUT2D eigenvalue weighted by molar-refractivity contribution is 6.32. The van der Waals surface area contributed by atoms with Gasteiger partial charge in [-0.3, -0.25) is 0 Å². The smallest absolute Gasteiger partial charge is 0.123 e. The zero-order chi connectivity index (χ0) is 18.4. The standard InChI is InChI=1S/C22H15ClFNO/c23-22-7-2-1-6-21(22)18(14-25)12-17-4-3-5-20(13-17)26-15-16-8-10-19(24)11-9-16/h1-13H,15H2. The topological polar surface area (TPSA) is 33.0 Å². The van der Waals surface area contributed by atoms with E-state index in [4.69, 9.17) is 16.3 Å². The van der Waals surface area contributed by atoms with Gasteiger partial charge in [-0.25, -0.2) is 4.39 Å². The monoisotopic (exact) mass is 363 g/mol. The fourth-order valence-electron chi connectivity index (χ4n) is 2.46. The second-order valence-electron chi connectivity index (χ2n) is 5.64. The normalized spacial score (nSPS) is 11.0. The van der Waals surface area contributed by atoms with Crippen molar-refractivity contribution in [3.63, 3.8) is 0 Å². The van der Waals surface area contributed by atoms with Crippen LogP contribution in [-0.4, -0.2) is 0 Å². The molecule has 0 aliphatic rings. The molecule has 128 valence electrons. The van der Waals surface area contributed by atoms with E-state index in [2.05, 4.69) is 6.07 Å². The highest BCUT2D eigenvalue weighted by atomic mass is 35.5. The molecule has 0 atom stereocenters. The van der Waals surface area contributed by atoms with E-state index in [1.807, 2.05) is 42.5 Å². The first-order valence-electron chi connectivity index (χ1n) is 8.00. The number of hydrogen-bond acceptors (Lipinski definition) is 2. The number of nitriles is 1. The van der Waals surface area contributed by atoms with Crippen LogP contribution in [0.1, 0.15) is 16.7 Å². The van der Waals surface area contributed by atoms with E-state index in [1.165, 1.54) is 12.1 Å². The van der Waals surface area contributed by atoms with E-state index in [1.54, 1.807) is 24.3 Å². The third-order valence-electron chi connectivity index (χ3n) is 3.77. The Balaban J connectivity index is 1.79. The molecule has 0 amide bonds. The first-order chi connectivity index (χ1) is 12.7. The molecule has 0 heterocycles. The minimum Gasteiger partial charge on any atom is -0.489 e. The fourth-order valence-corrected chi connectivity index (χ4v) is 2.70. The summed E-state index contributed by atoms with van der Waals surface area (Å²) in [5, 5.41) is 10.0. The molecule has 3 rings (SSSR count). The quantitative estimate of drug-likeness (QED) is 0.404. The molecular formula is C22H15ClFNO. The number of ether oxygens (including phenoxy) is 1. The van der Waals surface area contributed by atoms with Crippen molar-refractivity contribution in [3.05, 3.63) is 100 Å². The summed E-state index contributed by atoms with van der Waals surface area (Å²) in [5.74, 6) is 0.393. The molecule has 0 saturated carbocycles. The zero-order valence-corrected chi connectivity index (χ0v) is 14.6. The van der Waals surface area contributed by atoms with E-state index in [-0.39, 0.29) is 5.82 Å². The lowest BCUT2D eigenvalue weighted by molar-refractivity contribution is 0.306. The van der Waals surface area contributed by atoms with Gasteiger partial charge in [-0.15, -0.1) is 0 Å². The molecule has 0 bridgehead atoms. The first-order valence-corrected chi connectivity index (χ1v) is 8.37. The number of hydrogen-bond donors (Lipinski definition) is 0. The van der Waals surface area contributed by atoms with Crippen molar-refractivity contribution in [1.82, 2.24) is 0 Å². The van der Waals surface area contributed by atoms with Crippen molar-refractivity contribution in [2.45, 2.75) is 6.61 Å². The molecule has 0 unspecified atom stereocenters. The maximum atomic E-state index is 12.9. The Morgan fingerprint density at radius 3 is 2.54 bits per heavy atom. The predicted molar refractivity (Wildman–Crippen MR) is 102 cm³/mol. The van der Waals surface area contributed by atoms with Gasteiger partial charge in [0.1, 0.15) is 18.2 Å². The van der Waals surface area contributed by atoms with Crippen molar-refractivity contribution in [1.29, 1.82) is 5.26 Å². The molecule has 3 aromatic rings. The summed E-state index contributed by atoms with van der Waals surface area (Å²) in [7, 11) is 0. The van der Waals surface area contributed by atoms with Crippen molar-refractivity contribution >= 4 is 23.3 Å². The molecule has 26 heavy (non-hydrogen) atoms. The van der Waals surface area contributed by atoms with Crippen molar-refractivity contribution < 1.29 is 9.13 Å². The van der Waals surface area contributed by atoms with E-state index >= 15 is 0 Å².